The zero-order valence-corrected chi connectivity index (χ0v) is 13.1. The third-order valence-corrected chi connectivity index (χ3v) is 5.23. The van der Waals surface area contributed by atoms with E-state index in [0.29, 0.717) is 0 Å². The number of allylic oxidation sites excluding steroid dienone is 2. The predicted molar refractivity (Wildman–Crippen MR) is 92.7 cm³/mol. The van der Waals surface area contributed by atoms with Gasteiger partial charge in [0.2, 0.25) is 0 Å². The summed E-state index contributed by atoms with van der Waals surface area (Å²) < 4.78 is 0. The fourth-order valence-corrected chi connectivity index (χ4v) is 4.16. The molecule has 22 heavy (non-hydrogen) atoms. The van der Waals surface area contributed by atoms with Crippen molar-refractivity contribution in [3.8, 4) is 0 Å². The number of fused-ring (bicyclic) bond motifs is 2. The fourth-order valence-electron chi connectivity index (χ4n) is 4.16. The molecule has 0 fully saturated rings. The van der Waals surface area contributed by atoms with Crippen LogP contribution in [0.3, 0.4) is 0 Å². The quantitative estimate of drug-likeness (QED) is 0.826. The lowest BCUT2D eigenvalue weighted by molar-refractivity contribution is 0.542. The van der Waals surface area contributed by atoms with Crippen LogP contribution in [0.25, 0.3) is 5.57 Å². The molecule has 2 atom stereocenters. The Bertz CT molecular complexity index is 781. The maximum atomic E-state index is 6.74. The van der Waals surface area contributed by atoms with Crippen molar-refractivity contribution in [1.82, 2.24) is 0 Å². The first-order chi connectivity index (χ1) is 10.6. The second-order valence-electron chi connectivity index (χ2n) is 6.82. The van der Waals surface area contributed by atoms with Crippen molar-refractivity contribution in [3.63, 3.8) is 0 Å². The minimum absolute atomic E-state index is 0.00311. The van der Waals surface area contributed by atoms with E-state index in [-0.39, 0.29) is 17.4 Å². The summed E-state index contributed by atoms with van der Waals surface area (Å²) in [7, 11) is 0. The topological polar surface area (TPSA) is 26.0 Å². The van der Waals surface area contributed by atoms with E-state index in [0.717, 1.165) is 0 Å². The van der Waals surface area contributed by atoms with Crippen molar-refractivity contribution in [2.45, 2.75) is 31.2 Å². The summed E-state index contributed by atoms with van der Waals surface area (Å²) in [5.74, 6) is 0.258. The molecular weight excluding hydrogens is 266 g/mol. The van der Waals surface area contributed by atoms with Crippen LogP contribution in [0.5, 0.6) is 0 Å². The molecule has 2 aromatic rings. The highest BCUT2D eigenvalue weighted by molar-refractivity contribution is 5.88. The molecule has 2 aliphatic carbocycles. The normalized spacial score (nSPS) is 25.0. The van der Waals surface area contributed by atoms with Crippen molar-refractivity contribution < 1.29 is 0 Å². The average Bonchev–Trinajstić information content (AvgIpc) is 2.78. The van der Waals surface area contributed by atoms with Crippen LogP contribution in [0.4, 0.5) is 0 Å². The van der Waals surface area contributed by atoms with Crippen LogP contribution < -0.4 is 5.73 Å². The van der Waals surface area contributed by atoms with E-state index < -0.39 is 0 Å². The van der Waals surface area contributed by atoms with Gasteiger partial charge in [-0.15, -0.1) is 0 Å². The van der Waals surface area contributed by atoms with Gasteiger partial charge >= 0.3 is 0 Å². The average molecular weight is 287 g/mol. The largest absolute Gasteiger partial charge is 0.323 e. The zero-order valence-electron chi connectivity index (χ0n) is 13.1. The monoisotopic (exact) mass is 287 g/mol. The molecular formula is C21H21N. The van der Waals surface area contributed by atoms with E-state index >= 15 is 0 Å². The molecule has 2 aromatic carbocycles. The van der Waals surface area contributed by atoms with Gasteiger partial charge in [0, 0.05) is 17.4 Å². The van der Waals surface area contributed by atoms with E-state index in [4.69, 9.17) is 5.73 Å². The Morgan fingerprint density at radius 3 is 2.36 bits per heavy atom. The number of benzene rings is 2. The molecule has 0 saturated heterocycles. The molecule has 0 saturated carbocycles. The van der Waals surface area contributed by atoms with Crippen molar-refractivity contribution in [2.24, 2.45) is 5.73 Å². The Labute approximate surface area is 132 Å². The van der Waals surface area contributed by atoms with Crippen LogP contribution in [0, 0.1) is 0 Å². The lowest BCUT2D eigenvalue weighted by Gasteiger charge is -2.34. The fraction of sp³-hybridized carbons (Fsp3) is 0.238. The molecule has 0 amide bonds. The molecule has 2 aliphatic rings. The van der Waals surface area contributed by atoms with Gasteiger partial charge in [0.05, 0.1) is 0 Å². The van der Waals surface area contributed by atoms with Gasteiger partial charge in [-0.1, -0.05) is 80.6 Å². The maximum absolute atomic E-state index is 6.74. The Morgan fingerprint density at radius 2 is 1.59 bits per heavy atom. The van der Waals surface area contributed by atoms with Gasteiger partial charge in [0.25, 0.3) is 0 Å². The Hall–Kier alpha value is -2.12. The van der Waals surface area contributed by atoms with Gasteiger partial charge in [-0.3, -0.25) is 0 Å². The van der Waals surface area contributed by atoms with Gasteiger partial charge in [0.1, 0.15) is 0 Å². The van der Waals surface area contributed by atoms with Crippen LogP contribution in [-0.2, 0) is 5.41 Å². The number of rotatable bonds is 1. The lowest BCUT2D eigenvalue weighted by Crippen LogP contribution is -2.38. The molecule has 110 valence electrons. The highest BCUT2D eigenvalue weighted by Gasteiger charge is 2.42. The number of nitrogens with two attached hydrogens (primary N) is 1. The first-order valence-electron chi connectivity index (χ1n) is 7.94. The van der Waals surface area contributed by atoms with Gasteiger partial charge in [-0.2, -0.15) is 0 Å². The zero-order chi connectivity index (χ0) is 15.3. The highest BCUT2D eigenvalue weighted by Crippen LogP contribution is 2.51. The van der Waals surface area contributed by atoms with Gasteiger partial charge in [-0.05, 0) is 27.8 Å². The molecule has 0 heterocycles. The Balaban J connectivity index is 1.84. The molecule has 0 radical (unpaired) electrons. The number of hydrogen-bond acceptors (Lipinski definition) is 1. The molecule has 4 rings (SSSR count). The molecule has 2 N–H and O–H groups in total. The molecule has 2 unspecified atom stereocenters. The van der Waals surface area contributed by atoms with Crippen LogP contribution in [0.15, 0.2) is 72.3 Å². The molecule has 0 aliphatic heterocycles. The summed E-state index contributed by atoms with van der Waals surface area (Å²) in [6, 6.07) is 19.3. The van der Waals surface area contributed by atoms with Crippen LogP contribution in [-0.4, -0.2) is 6.04 Å². The van der Waals surface area contributed by atoms with Crippen molar-refractivity contribution >= 4 is 5.57 Å². The van der Waals surface area contributed by atoms with E-state index in [1.165, 1.54) is 27.8 Å². The van der Waals surface area contributed by atoms with Crippen molar-refractivity contribution in [2.75, 3.05) is 0 Å². The summed E-state index contributed by atoms with van der Waals surface area (Å²) in [6.07, 6.45) is 4.56. The maximum Gasteiger partial charge on any atom is 0.0376 e. The van der Waals surface area contributed by atoms with E-state index in [2.05, 4.69) is 80.6 Å². The minimum Gasteiger partial charge on any atom is -0.323 e. The second kappa shape index (κ2) is 4.69. The standard InChI is InChI=1S/C21H21N/c1-21(2)18-11-7-6-10-16(18)17-13-12-15(20(22)19(17)21)14-8-4-3-5-9-14/h3-13,15,20H,22H2,1-2H3. The lowest BCUT2D eigenvalue weighted by atomic mass is 9.72. The summed E-state index contributed by atoms with van der Waals surface area (Å²) in [5, 5.41) is 0. The van der Waals surface area contributed by atoms with E-state index in [1.807, 2.05) is 0 Å². The molecule has 0 aromatic heterocycles. The highest BCUT2D eigenvalue weighted by atomic mass is 14.7. The van der Waals surface area contributed by atoms with Gasteiger partial charge in [-0.25, -0.2) is 0 Å². The molecule has 0 bridgehead atoms. The van der Waals surface area contributed by atoms with Crippen molar-refractivity contribution in [3.05, 3.63) is 89.0 Å². The third-order valence-electron chi connectivity index (χ3n) is 5.23. The van der Waals surface area contributed by atoms with E-state index in [1.54, 1.807) is 0 Å². The molecule has 1 nitrogen and oxygen atoms in total. The predicted octanol–water partition coefficient (Wildman–Crippen LogP) is 4.41. The first kappa shape index (κ1) is 13.5. The van der Waals surface area contributed by atoms with Crippen LogP contribution in [0.2, 0.25) is 0 Å². The Kier molecular flexibility index (Phi) is 2.88. The second-order valence-corrected chi connectivity index (χ2v) is 6.82. The van der Waals surface area contributed by atoms with Gasteiger partial charge < -0.3 is 5.73 Å². The summed E-state index contributed by atoms with van der Waals surface area (Å²) in [6.45, 7) is 4.60. The minimum atomic E-state index is 0.00311. The van der Waals surface area contributed by atoms with Crippen LogP contribution in [0.1, 0.15) is 36.5 Å². The van der Waals surface area contributed by atoms with Crippen molar-refractivity contribution in [1.29, 1.82) is 0 Å². The summed E-state index contributed by atoms with van der Waals surface area (Å²) >= 11 is 0. The third kappa shape index (κ3) is 1.75. The van der Waals surface area contributed by atoms with Crippen LogP contribution >= 0.6 is 0 Å². The molecule has 1 heteroatoms. The summed E-state index contributed by atoms with van der Waals surface area (Å²) in [5.41, 5.74) is 13.5. The Morgan fingerprint density at radius 1 is 0.909 bits per heavy atom. The number of hydrogen-bond donors (Lipinski definition) is 1. The summed E-state index contributed by atoms with van der Waals surface area (Å²) in [4.78, 5) is 0. The molecule has 0 spiro atoms. The SMILES string of the molecule is CC1(C)C2=C(C=CC(c3ccccc3)C2N)c2ccccc21. The first-order valence-corrected chi connectivity index (χ1v) is 7.94. The van der Waals surface area contributed by atoms with E-state index in [9.17, 15) is 0 Å². The van der Waals surface area contributed by atoms with Gasteiger partial charge in [0.15, 0.2) is 0 Å². The smallest absolute Gasteiger partial charge is 0.0376 e.